The monoisotopic (exact) mass is 477 g/mol. The summed E-state index contributed by atoms with van der Waals surface area (Å²) in [6.45, 7) is 19.6. The summed E-state index contributed by atoms with van der Waals surface area (Å²) in [5.74, 6) is -2.59. The molecule has 0 heterocycles. The van der Waals surface area contributed by atoms with Gasteiger partial charge in [0.2, 0.25) is 0 Å². The molecule has 10 nitrogen and oxygen atoms in total. The molecule has 0 rings (SSSR count). The van der Waals surface area contributed by atoms with Gasteiger partial charge in [0, 0.05) is 37.4 Å². The van der Waals surface area contributed by atoms with E-state index in [0.717, 1.165) is 24.3 Å². The number of esters is 4. The lowest BCUT2D eigenvalue weighted by molar-refractivity contribution is -0.156. The molecule has 0 atom stereocenters. The van der Waals surface area contributed by atoms with Gasteiger partial charge in [0.25, 0.3) is 0 Å². The molecule has 0 aromatic heterocycles. The molecule has 34 heavy (non-hydrogen) atoms. The standard InChI is InChI=1S/C24H31NO9/c1-7-19(6)32-16-24(17-33-22(28)10-4,18-34-23(29)11-5)25(12-14-30-20(26)8-2)13-15-31-21(27)9-3/h7-11H,1-6,12-18H2. The molecule has 0 aromatic rings. The Morgan fingerprint density at radius 1 is 0.588 bits per heavy atom. The van der Waals surface area contributed by atoms with Gasteiger partial charge in [0.15, 0.2) is 0 Å². The fourth-order valence-corrected chi connectivity index (χ4v) is 2.43. The van der Waals surface area contributed by atoms with Crippen LogP contribution >= 0.6 is 0 Å². The second-order valence-electron chi connectivity index (χ2n) is 6.54. The van der Waals surface area contributed by atoms with Crippen LogP contribution in [0.1, 0.15) is 0 Å². The lowest BCUT2D eigenvalue weighted by Gasteiger charge is -2.42. The van der Waals surface area contributed by atoms with Gasteiger partial charge in [0.05, 0.1) is 0 Å². The SMILES string of the molecule is C=CC(=C)OCC(COC(=O)C=C)(COC(=O)C=C)N(CCOC(=O)C=C)CCOC(=O)C=C. The quantitative estimate of drug-likeness (QED) is 0.0893. The first kappa shape index (κ1) is 30.1. The van der Waals surface area contributed by atoms with Crippen LogP contribution in [0.5, 0.6) is 0 Å². The molecule has 0 amide bonds. The zero-order valence-corrected chi connectivity index (χ0v) is 19.2. The number of carbonyl (C=O) groups is 4. The highest BCUT2D eigenvalue weighted by Gasteiger charge is 2.41. The largest absolute Gasteiger partial charge is 0.492 e. The topological polar surface area (TPSA) is 118 Å². The average Bonchev–Trinajstić information content (AvgIpc) is 2.86. The molecule has 0 saturated carbocycles. The van der Waals surface area contributed by atoms with E-state index >= 15 is 0 Å². The van der Waals surface area contributed by atoms with Crippen LogP contribution in [0.25, 0.3) is 0 Å². The van der Waals surface area contributed by atoms with E-state index in [-0.39, 0.29) is 51.9 Å². The van der Waals surface area contributed by atoms with Gasteiger partial charge in [-0.2, -0.15) is 0 Å². The van der Waals surface area contributed by atoms with E-state index in [1.807, 2.05) is 0 Å². The highest BCUT2D eigenvalue weighted by Crippen LogP contribution is 2.21. The summed E-state index contributed by atoms with van der Waals surface area (Å²) in [6.07, 6.45) is 5.28. The van der Waals surface area contributed by atoms with Crippen molar-refractivity contribution in [3.05, 3.63) is 75.6 Å². The first-order valence-corrected chi connectivity index (χ1v) is 10.0. The Kier molecular flexibility index (Phi) is 14.8. The van der Waals surface area contributed by atoms with Crippen molar-refractivity contribution in [2.24, 2.45) is 0 Å². The average molecular weight is 478 g/mol. The predicted octanol–water partition coefficient (Wildman–Crippen LogP) is 1.66. The summed E-state index contributed by atoms with van der Waals surface area (Å²) in [6, 6.07) is 0. The summed E-state index contributed by atoms with van der Waals surface area (Å²) in [4.78, 5) is 48.3. The summed E-state index contributed by atoms with van der Waals surface area (Å²) in [5, 5.41) is 0. The number of rotatable bonds is 19. The third-order valence-corrected chi connectivity index (χ3v) is 4.27. The normalized spacial score (nSPS) is 10.3. The molecule has 0 bridgehead atoms. The Hall–Kier alpha value is -3.92. The van der Waals surface area contributed by atoms with Crippen LogP contribution in [-0.2, 0) is 42.9 Å². The Bertz CT molecular complexity index is 714. The molecule has 0 aliphatic carbocycles. The zero-order chi connectivity index (χ0) is 26.0. The number of hydrogen-bond donors (Lipinski definition) is 0. The van der Waals surface area contributed by atoms with Crippen molar-refractivity contribution in [3.63, 3.8) is 0 Å². The smallest absolute Gasteiger partial charge is 0.330 e. The maximum absolute atomic E-state index is 11.8. The van der Waals surface area contributed by atoms with Crippen LogP contribution in [0.3, 0.4) is 0 Å². The molecular formula is C24H31NO9. The van der Waals surface area contributed by atoms with Crippen molar-refractivity contribution < 1.29 is 42.9 Å². The van der Waals surface area contributed by atoms with Crippen molar-refractivity contribution in [2.45, 2.75) is 5.54 Å². The van der Waals surface area contributed by atoms with Gasteiger partial charge < -0.3 is 23.7 Å². The maximum Gasteiger partial charge on any atom is 0.330 e. The van der Waals surface area contributed by atoms with Gasteiger partial charge in [-0.25, -0.2) is 19.2 Å². The van der Waals surface area contributed by atoms with Crippen LogP contribution in [0, 0.1) is 0 Å². The highest BCUT2D eigenvalue weighted by atomic mass is 16.6. The molecule has 0 unspecified atom stereocenters. The van der Waals surface area contributed by atoms with E-state index < -0.39 is 29.4 Å². The third-order valence-electron chi connectivity index (χ3n) is 4.27. The minimum atomic E-state index is -1.33. The van der Waals surface area contributed by atoms with Crippen molar-refractivity contribution in [3.8, 4) is 0 Å². The summed E-state index contributed by atoms with van der Waals surface area (Å²) in [5.41, 5.74) is -1.33. The minimum absolute atomic E-state index is 0.0480. The Labute approximate surface area is 199 Å². The van der Waals surface area contributed by atoms with E-state index in [1.165, 1.54) is 6.08 Å². The van der Waals surface area contributed by atoms with Crippen molar-refractivity contribution in [1.29, 1.82) is 0 Å². The Balaban J connectivity index is 6.13. The third kappa shape index (κ3) is 11.6. The summed E-state index contributed by atoms with van der Waals surface area (Å²) < 4.78 is 26.3. The summed E-state index contributed by atoms with van der Waals surface area (Å²) >= 11 is 0. The van der Waals surface area contributed by atoms with Crippen molar-refractivity contribution in [2.75, 3.05) is 46.1 Å². The molecule has 186 valence electrons. The molecule has 0 spiro atoms. The molecule has 0 saturated heterocycles. The number of carbonyl (C=O) groups excluding carboxylic acids is 4. The second kappa shape index (κ2) is 16.7. The van der Waals surface area contributed by atoms with Crippen LogP contribution in [0.4, 0.5) is 0 Å². The molecule has 0 aliphatic heterocycles. The predicted molar refractivity (Wildman–Crippen MR) is 124 cm³/mol. The minimum Gasteiger partial charge on any atom is -0.492 e. The fourth-order valence-electron chi connectivity index (χ4n) is 2.43. The molecule has 0 fully saturated rings. The van der Waals surface area contributed by atoms with Crippen LogP contribution in [-0.4, -0.2) is 80.4 Å². The van der Waals surface area contributed by atoms with E-state index in [2.05, 4.69) is 39.5 Å². The summed E-state index contributed by atoms with van der Waals surface area (Å²) in [7, 11) is 0. The number of nitrogens with zero attached hydrogens (tertiary/aromatic N) is 1. The maximum atomic E-state index is 11.8. The molecule has 10 heteroatoms. The molecule has 0 N–H and O–H groups in total. The first-order valence-electron chi connectivity index (χ1n) is 10.0. The fraction of sp³-hybridized carbons (Fsp3) is 0.333. The number of ether oxygens (including phenoxy) is 5. The number of hydrogen-bond acceptors (Lipinski definition) is 10. The van der Waals surface area contributed by atoms with Gasteiger partial charge in [-0.15, -0.1) is 0 Å². The van der Waals surface area contributed by atoms with Crippen molar-refractivity contribution in [1.82, 2.24) is 4.90 Å². The van der Waals surface area contributed by atoms with E-state index in [0.29, 0.717) is 0 Å². The van der Waals surface area contributed by atoms with Crippen LogP contribution in [0.15, 0.2) is 75.6 Å². The number of allylic oxidation sites excluding steroid dienone is 1. The Morgan fingerprint density at radius 2 is 0.941 bits per heavy atom. The second-order valence-corrected chi connectivity index (χ2v) is 6.54. The van der Waals surface area contributed by atoms with Gasteiger partial charge >= 0.3 is 23.9 Å². The van der Waals surface area contributed by atoms with Gasteiger partial charge in [0.1, 0.15) is 44.3 Å². The lowest BCUT2D eigenvalue weighted by atomic mass is 9.99. The van der Waals surface area contributed by atoms with Gasteiger partial charge in [-0.1, -0.05) is 39.5 Å². The van der Waals surface area contributed by atoms with Gasteiger partial charge in [-0.05, 0) is 6.08 Å². The molecule has 0 aliphatic rings. The first-order chi connectivity index (χ1) is 16.2. The van der Waals surface area contributed by atoms with E-state index in [1.54, 1.807) is 4.90 Å². The van der Waals surface area contributed by atoms with Gasteiger partial charge in [-0.3, -0.25) is 4.90 Å². The van der Waals surface area contributed by atoms with Crippen molar-refractivity contribution >= 4 is 23.9 Å². The van der Waals surface area contributed by atoms with Crippen LogP contribution in [0.2, 0.25) is 0 Å². The Morgan fingerprint density at radius 3 is 1.29 bits per heavy atom. The lowest BCUT2D eigenvalue weighted by Crippen LogP contribution is -2.60. The highest BCUT2D eigenvalue weighted by molar-refractivity contribution is 5.82. The van der Waals surface area contributed by atoms with E-state index in [4.69, 9.17) is 23.7 Å². The zero-order valence-electron chi connectivity index (χ0n) is 19.2. The molecule has 0 radical (unpaired) electrons. The van der Waals surface area contributed by atoms with Crippen LogP contribution < -0.4 is 0 Å². The molecule has 0 aromatic carbocycles. The molecular weight excluding hydrogens is 446 g/mol. The van der Waals surface area contributed by atoms with E-state index in [9.17, 15) is 19.2 Å².